The molecule has 2 heterocycles. The number of amides is 2. The van der Waals surface area contributed by atoms with Crippen LogP contribution >= 0.6 is 11.6 Å². The first kappa shape index (κ1) is 34.1. The Balaban J connectivity index is 1.89. The first-order valence-electron chi connectivity index (χ1n) is 14.1. The van der Waals surface area contributed by atoms with Crippen molar-refractivity contribution in [1.82, 2.24) is 10.2 Å². The molecule has 1 aromatic carbocycles. The minimum atomic E-state index is -3.08. The summed E-state index contributed by atoms with van der Waals surface area (Å²) in [6.45, 7) is 1.80. The van der Waals surface area contributed by atoms with Gasteiger partial charge in [0, 0.05) is 36.7 Å². The third kappa shape index (κ3) is 10.7. The van der Waals surface area contributed by atoms with Crippen molar-refractivity contribution in [2.45, 2.75) is 76.7 Å². The van der Waals surface area contributed by atoms with E-state index in [1.165, 1.54) is 6.20 Å². The molecule has 236 valence electrons. The number of nitrogens with one attached hydrogen (secondary N) is 1. The van der Waals surface area contributed by atoms with E-state index in [1.54, 1.807) is 68.1 Å². The maximum atomic E-state index is 14.0. The Morgan fingerprint density at radius 1 is 1.19 bits per heavy atom. The van der Waals surface area contributed by atoms with Crippen molar-refractivity contribution < 1.29 is 37.4 Å². The maximum absolute atomic E-state index is 14.0. The van der Waals surface area contributed by atoms with Gasteiger partial charge in [-0.2, -0.15) is 13.5 Å². The third-order valence-corrected chi connectivity index (χ3v) is 7.27. The number of hydrogen-bond acceptors (Lipinski definition) is 7. The number of nitrogens with zero attached hydrogens (tertiary/aromatic N) is 2. The molecule has 3 rings (SSSR count). The highest BCUT2D eigenvalue weighted by molar-refractivity contribution is 6.30. The molecule has 2 unspecified atom stereocenters. The number of rotatable bonds is 12. The summed E-state index contributed by atoms with van der Waals surface area (Å²) in [5, 5.41) is 15.9. The number of piperidine rings is 1. The molecule has 0 aliphatic carbocycles. The van der Waals surface area contributed by atoms with Crippen LogP contribution in [0.5, 0.6) is 0 Å². The zero-order valence-corrected chi connectivity index (χ0v) is 25.3. The molecule has 3 atom stereocenters. The number of hydrogen-bond donors (Lipinski definition) is 2. The number of nitrogens with two attached hydrogens (primary N) is 1. The SMILES string of the molecule is CC(C)(C)OC(=O)CC(Cc1cccc[n+]1[O-])C(=O)N1CCC[C@](Cc2ccc(Cl)cc2)(NC(=O)C(N)COC(F)F)C1. The minimum Gasteiger partial charge on any atom is -0.619 e. The number of esters is 1. The molecule has 1 aromatic heterocycles. The number of halogens is 3. The Bertz CT molecular complexity index is 1260. The topological polar surface area (TPSA) is 138 Å². The van der Waals surface area contributed by atoms with E-state index < -0.39 is 48.2 Å². The first-order valence-corrected chi connectivity index (χ1v) is 14.4. The van der Waals surface area contributed by atoms with E-state index in [-0.39, 0.29) is 31.7 Å². The van der Waals surface area contributed by atoms with Gasteiger partial charge in [0.2, 0.25) is 11.8 Å². The van der Waals surface area contributed by atoms with E-state index in [0.29, 0.717) is 34.8 Å². The third-order valence-electron chi connectivity index (χ3n) is 7.01. The molecular weight excluding hydrogens is 586 g/mol. The molecule has 2 aromatic rings. The van der Waals surface area contributed by atoms with Gasteiger partial charge in [-0.1, -0.05) is 29.8 Å². The van der Waals surface area contributed by atoms with Crippen LogP contribution in [0.4, 0.5) is 8.78 Å². The maximum Gasteiger partial charge on any atom is 0.345 e. The van der Waals surface area contributed by atoms with Gasteiger partial charge in [0.05, 0.1) is 24.5 Å². The van der Waals surface area contributed by atoms with Crippen LogP contribution in [0.2, 0.25) is 5.02 Å². The Morgan fingerprint density at radius 3 is 2.51 bits per heavy atom. The average Bonchev–Trinajstić information content (AvgIpc) is 2.92. The van der Waals surface area contributed by atoms with Crippen LogP contribution in [0.1, 0.15) is 51.3 Å². The summed E-state index contributed by atoms with van der Waals surface area (Å²) in [4.78, 5) is 41.5. The number of carbonyl (C=O) groups excluding carboxylic acids is 3. The molecule has 3 N–H and O–H groups in total. The second kappa shape index (κ2) is 14.9. The number of benzene rings is 1. The zero-order chi connectivity index (χ0) is 31.8. The average molecular weight is 625 g/mol. The van der Waals surface area contributed by atoms with Gasteiger partial charge in [-0.15, -0.1) is 0 Å². The largest absolute Gasteiger partial charge is 0.619 e. The summed E-state index contributed by atoms with van der Waals surface area (Å²) < 4.78 is 35.5. The number of ether oxygens (including phenoxy) is 2. The van der Waals surface area contributed by atoms with Gasteiger partial charge in [-0.05, 0) is 57.7 Å². The van der Waals surface area contributed by atoms with Crippen LogP contribution in [0, 0.1) is 11.1 Å². The van der Waals surface area contributed by atoms with E-state index in [2.05, 4.69) is 10.1 Å². The molecule has 0 saturated carbocycles. The Kier molecular flexibility index (Phi) is 11.8. The molecule has 1 aliphatic heterocycles. The number of aromatic nitrogens is 1. The Morgan fingerprint density at radius 2 is 1.88 bits per heavy atom. The Labute approximate surface area is 255 Å². The van der Waals surface area contributed by atoms with Gasteiger partial charge in [0.25, 0.3) is 0 Å². The van der Waals surface area contributed by atoms with E-state index in [0.717, 1.165) is 5.56 Å². The fourth-order valence-corrected chi connectivity index (χ4v) is 5.30. The lowest BCUT2D eigenvalue weighted by molar-refractivity contribution is -0.614. The lowest BCUT2D eigenvalue weighted by Crippen LogP contribution is -2.64. The molecule has 13 heteroatoms. The normalized spacial score (nSPS) is 18.7. The van der Waals surface area contributed by atoms with Crippen LogP contribution in [0.25, 0.3) is 0 Å². The minimum absolute atomic E-state index is 0.00863. The van der Waals surface area contributed by atoms with Crippen molar-refractivity contribution in [3.05, 3.63) is 70.1 Å². The molecule has 1 fully saturated rings. The van der Waals surface area contributed by atoms with E-state index >= 15 is 0 Å². The predicted molar refractivity (Wildman–Crippen MR) is 155 cm³/mol. The number of alkyl halides is 2. The van der Waals surface area contributed by atoms with E-state index in [1.807, 2.05) is 0 Å². The van der Waals surface area contributed by atoms with Gasteiger partial charge in [0.15, 0.2) is 11.9 Å². The van der Waals surface area contributed by atoms with Gasteiger partial charge < -0.3 is 30.6 Å². The van der Waals surface area contributed by atoms with E-state index in [4.69, 9.17) is 22.1 Å². The number of pyridine rings is 1. The van der Waals surface area contributed by atoms with Crippen molar-refractivity contribution >= 4 is 29.4 Å². The fourth-order valence-electron chi connectivity index (χ4n) is 5.17. The molecule has 0 spiro atoms. The quantitative estimate of drug-likeness (QED) is 0.210. The highest BCUT2D eigenvalue weighted by atomic mass is 35.5. The number of carbonyl (C=O) groups is 3. The first-order chi connectivity index (χ1) is 20.2. The van der Waals surface area contributed by atoms with Gasteiger partial charge >= 0.3 is 12.6 Å². The summed E-state index contributed by atoms with van der Waals surface area (Å²) in [6, 6.07) is 10.5. The van der Waals surface area contributed by atoms with Crippen LogP contribution in [0.3, 0.4) is 0 Å². The van der Waals surface area contributed by atoms with Crippen molar-refractivity contribution in [3.8, 4) is 0 Å². The highest BCUT2D eigenvalue weighted by Crippen LogP contribution is 2.29. The monoisotopic (exact) mass is 624 g/mol. The zero-order valence-electron chi connectivity index (χ0n) is 24.6. The molecular formula is C30H39ClF2N4O6. The standard InChI is InChI=1S/C30H39ClF2N4O6/c1-29(2,3)43-25(38)16-21(15-23-7-4-5-14-37(23)41)27(40)36-13-6-12-30(19-36,17-20-8-10-22(31)11-9-20)35-26(39)24(34)18-42-28(32)33/h4-5,7-11,14,21,24,28H,6,12-13,15-19,34H2,1-3H3,(H,35,39)/t21?,24?,30-/m1/s1. The van der Waals surface area contributed by atoms with Gasteiger partial charge in [-0.3, -0.25) is 14.4 Å². The highest BCUT2D eigenvalue weighted by Gasteiger charge is 2.42. The summed E-state index contributed by atoms with van der Waals surface area (Å²) in [5.74, 6) is -2.58. The van der Waals surface area contributed by atoms with Crippen LogP contribution in [-0.4, -0.2) is 66.2 Å². The van der Waals surface area contributed by atoms with Crippen LogP contribution in [-0.2, 0) is 36.7 Å². The number of likely N-dealkylation sites (tertiary alicyclic amines) is 1. The predicted octanol–water partition coefficient (Wildman–Crippen LogP) is 3.15. The van der Waals surface area contributed by atoms with E-state index in [9.17, 15) is 28.4 Å². The smallest absolute Gasteiger partial charge is 0.345 e. The van der Waals surface area contributed by atoms with Crippen LogP contribution in [0.15, 0.2) is 48.7 Å². The molecule has 1 saturated heterocycles. The summed E-state index contributed by atoms with van der Waals surface area (Å²) in [5.41, 5.74) is 5.20. The van der Waals surface area contributed by atoms with Crippen molar-refractivity contribution in [1.29, 1.82) is 0 Å². The molecule has 1 aliphatic rings. The van der Waals surface area contributed by atoms with Crippen molar-refractivity contribution in [2.24, 2.45) is 11.7 Å². The summed E-state index contributed by atoms with van der Waals surface area (Å²) >= 11 is 6.06. The summed E-state index contributed by atoms with van der Waals surface area (Å²) in [7, 11) is 0. The van der Waals surface area contributed by atoms with Crippen molar-refractivity contribution in [3.63, 3.8) is 0 Å². The second-order valence-corrected chi connectivity index (χ2v) is 12.3. The lowest BCUT2D eigenvalue weighted by atomic mass is 9.82. The van der Waals surface area contributed by atoms with Crippen LogP contribution < -0.4 is 15.8 Å². The van der Waals surface area contributed by atoms with Gasteiger partial charge in [-0.25, -0.2) is 0 Å². The van der Waals surface area contributed by atoms with Gasteiger partial charge in [0.1, 0.15) is 11.6 Å². The molecule has 0 bridgehead atoms. The lowest BCUT2D eigenvalue weighted by Gasteiger charge is -2.45. The summed E-state index contributed by atoms with van der Waals surface area (Å²) in [6.07, 6.45) is 2.30. The molecule has 43 heavy (non-hydrogen) atoms. The Hall–Kier alpha value is -3.35. The van der Waals surface area contributed by atoms with Crippen molar-refractivity contribution in [2.75, 3.05) is 19.7 Å². The molecule has 10 nitrogen and oxygen atoms in total. The fraction of sp³-hybridized carbons (Fsp3) is 0.533. The molecule has 0 radical (unpaired) electrons. The second-order valence-electron chi connectivity index (χ2n) is 11.8. The molecule has 2 amide bonds.